The molecule has 0 saturated carbocycles. The van der Waals surface area contributed by atoms with E-state index < -0.39 is 11.7 Å². The smallest absolute Gasteiger partial charge is 0.252 e. The largest absolute Gasteiger partial charge is 0.365 e. The van der Waals surface area contributed by atoms with Gasteiger partial charge in [-0.1, -0.05) is 13.0 Å². The van der Waals surface area contributed by atoms with E-state index in [9.17, 15) is 9.18 Å². The van der Waals surface area contributed by atoms with Crippen LogP contribution in [0.2, 0.25) is 0 Å². The molecular weight excluding hydrogens is 363 g/mol. The van der Waals surface area contributed by atoms with Crippen LogP contribution in [0.15, 0.2) is 35.4 Å². The molecule has 148 valence electrons. The Balaban J connectivity index is 2.35. The first-order chi connectivity index (χ1) is 13.5. The highest BCUT2D eigenvalue weighted by Gasteiger charge is 2.17. The van der Waals surface area contributed by atoms with Crippen molar-refractivity contribution in [2.75, 3.05) is 22.6 Å². The number of nitrogens with two attached hydrogens (primary N) is 2. The average Bonchev–Trinajstić information content (AvgIpc) is 2.68. The van der Waals surface area contributed by atoms with Gasteiger partial charge in [-0.05, 0) is 30.7 Å². The maximum Gasteiger partial charge on any atom is 0.252 e. The van der Waals surface area contributed by atoms with Crippen molar-refractivity contribution in [2.45, 2.75) is 19.4 Å². The van der Waals surface area contributed by atoms with Gasteiger partial charge in [0.05, 0.1) is 17.5 Å². The van der Waals surface area contributed by atoms with E-state index in [1.165, 1.54) is 6.21 Å². The average molecular weight is 386 g/mol. The van der Waals surface area contributed by atoms with Gasteiger partial charge in [0.25, 0.3) is 5.91 Å². The molecule has 0 unspecified atom stereocenters. The number of anilines is 4. The van der Waals surface area contributed by atoms with Crippen LogP contribution in [0, 0.1) is 11.2 Å². The summed E-state index contributed by atoms with van der Waals surface area (Å²) < 4.78 is 14.4. The molecule has 1 amide bonds. The van der Waals surface area contributed by atoms with E-state index in [1.54, 1.807) is 24.3 Å². The second kappa shape index (κ2) is 9.97. The Kier molecular flexibility index (Phi) is 7.40. The minimum atomic E-state index is -0.809. The quantitative estimate of drug-likeness (QED) is 0.272. The fourth-order valence-electron chi connectivity index (χ4n) is 2.35. The Morgan fingerprint density at radius 1 is 1.36 bits per heavy atom. The van der Waals surface area contributed by atoms with Crippen LogP contribution in [0.1, 0.15) is 23.7 Å². The summed E-state index contributed by atoms with van der Waals surface area (Å²) in [7, 11) is 0. The summed E-state index contributed by atoms with van der Waals surface area (Å²) >= 11 is 0. The number of amides is 1. The molecule has 0 radical (unpaired) electrons. The number of nitrogens with one attached hydrogen (secondary N) is 4. The first-order valence-electron chi connectivity index (χ1n) is 8.60. The monoisotopic (exact) mass is 386 g/mol. The molecule has 1 aromatic heterocycles. The first-order valence-corrected chi connectivity index (χ1v) is 8.60. The number of carbonyl (C=O) groups is 1. The summed E-state index contributed by atoms with van der Waals surface area (Å²) in [5.41, 5.74) is 14.9. The molecule has 2 aromatic rings. The molecule has 1 heterocycles. The molecule has 0 aliphatic rings. The van der Waals surface area contributed by atoms with Gasteiger partial charge in [-0.15, -0.1) is 0 Å². The molecule has 10 heteroatoms. The summed E-state index contributed by atoms with van der Waals surface area (Å²) in [4.78, 5) is 15.9. The number of carbonyl (C=O) groups excluding carboxylic acids is 1. The van der Waals surface area contributed by atoms with Crippen molar-refractivity contribution in [3.63, 3.8) is 0 Å². The van der Waals surface area contributed by atoms with Gasteiger partial charge in [-0.25, -0.2) is 9.37 Å². The van der Waals surface area contributed by atoms with E-state index in [1.807, 2.05) is 6.92 Å². The molecule has 28 heavy (non-hydrogen) atoms. The number of pyridine rings is 1. The number of primary amides is 1. The van der Waals surface area contributed by atoms with E-state index >= 15 is 0 Å². The SMILES string of the molecule is CC[C@H](CN)Nc1nc(Nc2cccc(N/N=C\C=N)c2)c(C(N)=O)cc1F. The van der Waals surface area contributed by atoms with Gasteiger partial charge in [0.2, 0.25) is 0 Å². The first kappa shape index (κ1) is 20.8. The number of halogens is 1. The zero-order valence-electron chi connectivity index (χ0n) is 15.4. The summed E-state index contributed by atoms with van der Waals surface area (Å²) in [6.07, 6.45) is 3.00. The van der Waals surface area contributed by atoms with Crippen LogP contribution in [0.5, 0.6) is 0 Å². The molecule has 0 saturated heterocycles. The predicted molar refractivity (Wildman–Crippen MR) is 110 cm³/mol. The topological polar surface area (TPSA) is 154 Å². The minimum absolute atomic E-state index is 0.0188. The van der Waals surface area contributed by atoms with Gasteiger partial charge in [-0.2, -0.15) is 5.10 Å². The molecule has 8 N–H and O–H groups in total. The number of rotatable bonds is 10. The second-order valence-corrected chi connectivity index (χ2v) is 5.83. The van der Waals surface area contributed by atoms with Crippen LogP contribution in [-0.2, 0) is 0 Å². The third kappa shape index (κ3) is 5.48. The Morgan fingerprint density at radius 2 is 2.11 bits per heavy atom. The van der Waals surface area contributed by atoms with Crippen LogP contribution in [-0.4, -0.2) is 35.9 Å². The standard InChI is InChI=1S/C18H23FN8O/c1-2-11(10-21)24-18-15(19)9-14(16(22)28)17(26-18)25-12-4-3-5-13(8-12)27-23-7-6-20/h3-9,11,20,27H,2,10,21H2,1H3,(H2,22,28)(H2,24,25,26)/b20-6?,23-7-/t11-/m1/s1. The van der Waals surface area contributed by atoms with Crippen molar-refractivity contribution in [1.29, 1.82) is 5.41 Å². The van der Waals surface area contributed by atoms with E-state index in [0.717, 1.165) is 12.3 Å². The molecule has 0 aliphatic heterocycles. The highest BCUT2D eigenvalue weighted by atomic mass is 19.1. The highest BCUT2D eigenvalue weighted by molar-refractivity contribution is 6.14. The number of hydrogen-bond donors (Lipinski definition) is 6. The van der Waals surface area contributed by atoms with Crippen LogP contribution >= 0.6 is 0 Å². The van der Waals surface area contributed by atoms with Crippen molar-refractivity contribution in [1.82, 2.24) is 4.98 Å². The van der Waals surface area contributed by atoms with Crippen molar-refractivity contribution in [3.05, 3.63) is 41.7 Å². The van der Waals surface area contributed by atoms with E-state index in [4.69, 9.17) is 16.9 Å². The fourth-order valence-corrected chi connectivity index (χ4v) is 2.35. The normalized spacial score (nSPS) is 11.8. The molecule has 0 bridgehead atoms. The molecule has 9 nitrogen and oxygen atoms in total. The lowest BCUT2D eigenvalue weighted by Gasteiger charge is -2.18. The van der Waals surface area contributed by atoms with E-state index in [-0.39, 0.29) is 23.2 Å². The molecule has 1 aromatic carbocycles. The molecule has 0 fully saturated rings. The summed E-state index contributed by atoms with van der Waals surface area (Å²) in [5, 5.41) is 16.6. The Hall–Kier alpha value is -3.53. The van der Waals surface area contributed by atoms with Crippen molar-refractivity contribution >= 4 is 41.3 Å². The van der Waals surface area contributed by atoms with Gasteiger partial charge in [0.1, 0.15) is 5.82 Å². The van der Waals surface area contributed by atoms with Crippen molar-refractivity contribution in [2.24, 2.45) is 16.6 Å². The molecule has 2 rings (SSSR count). The van der Waals surface area contributed by atoms with E-state index in [0.29, 0.717) is 24.3 Å². The third-order valence-electron chi connectivity index (χ3n) is 3.83. The number of hydrazone groups is 1. The molecule has 1 atom stereocenters. The molecular formula is C18H23FN8O. The third-order valence-corrected chi connectivity index (χ3v) is 3.83. The Morgan fingerprint density at radius 3 is 2.75 bits per heavy atom. The van der Waals surface area contributed by atoms with Gasteiger partial charge in [-0.3, -0.25) is 10.2 Å². The Bertz CT molecular complexity index is 867. The lowest BCUT2D eigenvalue weighted by Crippen LogP contribution is -2.29. The lowest BCUT2D eigenvalue weighted by atomic mass is 10.2. The van der Waals surface area contributed by atoms with Gasteiger partial charge in [0.15, 0.2) is 11.6 Å². The number of aromatic nitrogens is 1. The summed E-state index contributed by atoms with van der Waals surface area (Å²) in [6.45, 7) is 2.22. The van der Waals surface area contributed by atoms with Crippen LogP contribution in [0.3, 0.4) is 0 Å². The van der Waals surface area contributed by atoms with Gasteiger partial charge >= 0.3 is 0 Å². The molecule has 0 aliphatic carbocycles. The number of hydrogen-bond acceptors (Lipinski definition) is 8. The molecule has 0 spiro atoms. The maximum atomic E-state index is 14.4. The maximum absolute atomic E-state index is 14.4. The predicted octanol–water partition coefficient (Wildman–Crippen LogP) is 2.26. The van der Waals surface area contributed by atoms with Gasteiger partial charge in [0, 0.05) is 24.5 Å². The van der Waals surface area contributed by atoms with Crippen LogP contribution in [0.4, 0.5) is 27.4 Å². The Labute approximate surface area is 161 Å². The fraction of sp³-hybridized carbons (Fsp3) is 0.222. The summed E-state index contributed by atoms with van der Waals surface area (Å²) in [5.74, 6) is -1.41. The van der Waals surface area contributed by atoms with E-state index in [2.05, 4.69) is 26.1 Å². The number of benzene rings is 1. The van der Waals surface area contributed by atoms with Crippen molar-refractivity contribution in [3.8, 4) is 0 Å². The highest BCUT2D eigenvalue weighted by Crippen LogP contribution is 2.25. The van der Waals surface area contributed by atoms with Gasteiger partial charge < -0.3 is 27.5 Å². The van der Waals surface area contributed by atoms with Crippen molar-refractivity contribution < 1.29 is 9.18 Å². The zero-order valence-corrected chi connectivity index (χ0v) is 15.4. The number of nitrogens with zero attached hydrogens (tertiary/aromatic N) is 2. The minimum Gasteiger partial charge on any atom is -0.365 e. The zero-order chi connectivity index (χ0) is 20.5. The van der Waals surface area contributed by atoms with Crippen LogP contribution in [0.25, 0.3) is 0 Å². The lowest BCUT2D eigenvalue weighted by molar-refractivity contribution is 0.100. The summed E-state index contributed by atoms with van der Waals surface area (Å²) in [6, 6.07) is 7.84. The van der Waals surface area contributed by atoms with Crippen LogP contribution < -0.4 is 27.5 Å². The second-order valence-electron chi connectivity index (χ2n) is 5.83.